The molecule has 1 fully saturated rings. The molecule has 0 aliphatic heterocycles. The molecule has 1 N–H and O–H groups in total. The third-order valence-electron chi connectivity index (χ3n) is 3.46. The van der Waals surface area contributed by atoms with Gasteiger partial charge in [0.15, 0.2) is 0 Å². The summed E-state index contributed by atoms with van der Waals surface area (Å²) < 4.78 is 5.26. The van der Waals surface area contributed by atoms with Crippen LogP contribution in [-0.4, -0.2) is 13.2 Å². The lowest BCUT2D eigenvalue weighted by Gasteiger charge is -2.15. The van der Waals surface area contributed by atoms with Crippen molar-refractivity contribution in [2.24, 2.45) is 5.92 Å². The van der Waals surface area contributed by atoms with Crippen molar-refractivity contribution >= 4 is 5.69 Å². The minimum atomic E-state index is 0.655. The number of aryl methyl sites for hydroxylation is 1. The molecule has 0 heterocycles. The van der Waals surface area contributed by atoms with E-state index < -0.39 is 0 Å². The van der Waals surface area contributed by atoms with Crippen molar-refractivity contribution in [3.05, 3.63) is 23.8 Å². The van der Waals surface area contributed by atoms with Crippen LogP contribution in [0.25, 0.3) is 0 Å². The van der Waals surface area contributed by atoms with Gasteiger partial charge < -0.3 is 10.1 Å². The number of hydrogen-bond donors (Lipinski definition) is 1. The zero-order valence-corrected chi connectivity index (χ0v) is 10.4. The van der Waals surface area contributed by atoms with Crippen LogP contribution < -0.4 is 10.1 Å². The van der Waals surface area contributed by atoms with Gasteiger partial charge in [0.05, 0.1) is 7.11 Å². The molecule has 0 radical (unpaired) electrons. The summed E-state index contributed by atoms with van der Waals surface area (Å²) in [4.78, 5) is 0. The Labute approximate surface area is 98.0 Å². The van der Waals surface area contributed by atoms with E-state index in [1.807, 2.05) is 6.07 Å². The summed E-state index contributed by atoms with van der Waals surface area (Å²) in [5, 5.41) is 3.61. The standard InChI is InChI=1S/C14H21NO/c1-10-4-5-12(8-10)15-13-6-7-14(16-3)11(2)9-13/h6-7,9-10,12,15H,4-5,8H2,1-3H3. The minimum absolute atomic E-state index is 0.655. The monoisotopic (exact) mass is 219 g/mol. The Balaban J connectivity index is 2.02. The molecule has 2 nitrogen and oxygen atoms in total. The first kappa shape index (κ1) is 11.3. The highest BCUT2D eigenvalue weighted by Crippen LogP contribution is 2.29. The van der Waals surface area contributed by atoms with E-state index in [2.05, 4.69) is 31.3 Å². The second-order valence-electron chi connectivity index (χ2n) is 4.94. The molecule has 2 rings (SSSR count). The van der Waals surface area contributed by atoms with Gasteiger partial charge in [-0.2, -0.15) is 0 Å². The highest BCUT2D eigenvalue weighted by atomic mass is 16.5. The van der Waals surface area contributed by atoms with Gasteiger partial charge in [0.2, 0.25) is 0 Å². The van der Waals surface area contributed by atoms with Crippen molar-refractivity contribution in [1.82, 2.24) is 0 Å². The van der Waals surface area contributed by atoms with Crippen LogP contribution in [0.5, 0.6) is 5.75 Å². The van der Waals surface area contributed by atoms with Crippen molar-refractivity contribution < 1.29 is 4.74 Å². The van der Waals surface area contributed by atoms with Crippen LogP contribution >= 0.6 is 0 Å². The molecule has 1 aromatic carbocycles. The number of methoxy groups -OCH3 is 1. The summed E-state index contributed by atoms with van der Waals surface area (Å²) in [7, 11) is 1.72. The quantitative estimate of drug-likeness (QED) is 0.838. The number of rotatable bonds is 3. The normalized spacial score (nSPS) is 24.4. The lowest BCUT2D eigenvalue weighted by atomic mass is 10.1. The van der Waals surface area contributed by atoms with Crippen LogP contribution in [0.2, 0.25) is 0 Å². The summed E-state index contributed by atoms with van der Waals surface area (Å²) >= 11 is 0. The molecule has 88 valence electrons. The highest BCUT2D eigenvalue weighted by Gasteiger charge is 2.20. The topological polar surface area (TPSA) is 21.3 Å². The van der Waals surface area contributed by atoms with Crippen LogP contribution in [0.15, 0.2) is 18.2 Å². The number of benzene rings is 1. The first-order valence-electron chi connectivity index (χ1n) is 6.10. The molecular formula is C14H21NO. The molecule has 16 heavy (non-hydrogen) atoms. The van der Waals surface area contributed by atoms with Gasteiger partial charge in [0.1, 0.15) is 5.75 Å². The summed E-state index contributed by atoms with van der Waals surface area (Å²) in [5.41, 5.74) is 2.41. The molecule has 1 aliphatic carbocycles. The Bertz CT molecular complexity index is 362. The molecule has 0 bridgehead atoms. The maximum Gasteiger partial charge on any atom is 0.121 e. The molecule has 0 spiro atoms. The molecular weight excluding hydrogens is 198 g/mol. The van der Waals surface area contributed by atoms with E-state index in [1.165, 1.54) is 30.5 Å². The van der Waals surface area contributed by atoms with E-state index >= 15 is 0 Å². The minimum Gasteiger partial charge on any atom is -0.496 e. The Morgan fingerprint density at radius 1 is 1.31 bits per heavy atom. The second-order valence-corrected chi connectivity index (χ2v) is 4.94. The fourth-order valence-electron chi connectivity index (χ4n) is 2.54. The van der Waals surface area contributed by atoms with Crippen LogP contribution in [0.4, 0.5) is 5.69 Å². The maximum absolute atomic E-state index is 5.26. The van der Waals surface area contributed by atoms with Crippen molar-refractivity contribution in [2.45, 2.75) is 39.2 Å². The van der Waals surface area contributed by atoms with E-state index in [-0.39, 0.29) is 0 Å². The Kier molecular flexibility index (Phi) is 3.37. The molecule has 1 aromatic rings. The fraction of sp³-hybridized carbons (Fsp3) is 0.571. The predicted octanol–water partition coefficient (Wildman–Crippen LogP) is 3.60. The third-order valence-corrected chi connectivity index (χ3v) is 3.46. The van der Waals surface area contributed by atoms with E-state index in [4.69, 9.17) is 4.74 Å². The smallest absolute Gasteiger partial charge is 0.121 e. The predicted molar refractivity (Wildman–Crippen MR) is 68.2 cm³/mol. The highest BCUT2D eigenvalue weighted by molar-refractivity contribution is 5.51. The van der Waals surface area contributed by atoms with Gasteiger partial charge in [0, 0.05) is 11.7 Å². The van der Waals surface area contributed by atoms with Crippen LogP contribution in [-0.2, 0) is 0 Å². The van der Waals surface area contributed by atoms with Crippen LogP contribution in [0.3, 0.4) is 0 Å². The van der Waals surface area contributed by atoms with Gasteiger partial charge in [-0.1, -0.05) is 6.92 Å². The molecule has 1 aliphatic rings. The summed E-state index contributed by atoms with van der Waals surface area (Å²) in [6.45, 7) is 4.42. The van der Waals surface area contributed by atoms with Crippen molar-refractivity contribution in [3.63, 3.8) is 0 Å². The molecule has 0 amide bonds. The molecule has 0 aromatic heterocycles. The van der Waals surface area contributed by atoms with E-state index in [9.17, 15) is 0 Å². The molecule has 1 saturated carbocycles. The van der Waals surface area contributed by atoms with Gasteiger partial charge in [-0.15, -0.1) is 0 Å². The van der Waals surface area contributed by atoms with E-state index in [0.717, 1.165) is 11.7 Å². The average Bonchev–Trinajstić information content (AvgIpc) is 2.64. The fourth-order valence-corrected chi connectivity index (χ4v) is 2.54. The summed E-state index contributed by atoms with van der Waals surface area (Å²) in [6.07, 6.45) is 3.95. The Morgan fingerprint density at radius 3 is 2.69 bits per heavy atom. The molecule has 2 heteroatoms. The van der Waals surface area contributed by atoms with Gasteiger partial charge in [0.25, 0.3) is 0 Å². The van der Waals surface area contributed by atoms with Crippen molar-refractivity contribution in [2.75, 3.05) is 12.4 Å². The first-order chi connectivity index (χ1) is 7.69. The molecule has 2 atom stereocenters. The number of hydrogen-bond acceptors (Lipinski definition) is 2. The Morgan fingerprint density at radius 2 is 2.12 bits per heavy atom. The number of nitrogens with one attached hydrogen (secondary N) is 1. The van der Waals surface area contributed by atoms with E-state index in [1.54, 1.807) is 7.11 Å². The zero-order valence-electron chi connectivity index (χ0n) is 10.4. The summed E-state index contributed by atoms with van der Waals surface area (Å²) in [6, 6.07) is 6.97. The van der Waals surface area contributed by atoms with Gasteiger partial charge in [-0.3, -0.25) is 0 Å². The van der Waals surface area contributed by atoms with E-state index in [0.29, 0.717) is 6.04 Å². The third kappa shape index (κ3) is 2.49. The van der Waals surface area contributed by atoms with Crippen LogP contribution in [0, 0.1) is 12.8 Å². The zero-order chi connectivity index (χ0) is 11.5. The summed E-state index contributed by atoms with van der Waals surface area (Å²) in [5.74, 6) is 1.84. The molecule has 0 saturated heterocycles. The maximum atomic E-state index is 5.26. The van der Waals surface area contributed by atoms with Crippen LogP contribution in [0.1, 0.15) is 31.7 Å². The van der Waals surface area contributed by atoms with Crippen molar-refractivity contribution in [3.8, 4) is 5.75 Å². The molecule has 2 unspecified atom stereocenters. The van der Waals surface area contributed by atoms with Crippen molar-refractivity contribution in [1.29, 1.82) is 0 Å². The lowest BCUT2D eigenvalue weighted by Crippen LogP contribution is -2.15. The number of ether oxygens (including phenoxy) is 1. The lowest BCUT2D eigenvalue weighted by molar-refractivity contribution is 0.412. The van der Waals surface area contributed by atoms with Gasteiger partial charge in [-0.05, 0) is 55.9 Å². The Hall–Kier alpha value is -1.18. The first-order valence-corrected chi connectivity index (χ1v) is 6.10. The van der Waals surface area contributed by atoms with Gasteiger partial charge >= 0.3 is 0 Å². The number of anilines is 1. The second kappa shape index (κ2) is 4.77. The average molecular weight is 219 g/mol. The largest absolute Gasteiger partial charge is 0.496 e. The SMILES string of the molecule is COc1ccc(NC2CCC(C)C2)cc1C. The van der Waals surface area contributed by atoms with Gasteiger partial charge in [-0.25, -0.2) is 0 Å².